The van der Waals surface area contributed by atoms with Gasteiger partial charge in [0.1, 0.15) is 6.10 Å². The van der Waals surface area contributed by atoms with Crippen LogP contribution >= 0.6 is 0 Å². The van der Waals surface area contributed by atoms with Crippen molar-refractivity contribution in [2.24, 2.45) is 11.8 Å². The van der Waals surface area contributed by atoms with Crippen molar-refractivity contribution in [1.29, 1.82) is 0 Å². The molecule has 1 N–H and O–H groups in total. The van der Waals surface area contributed by atoms with Crippen LogP contribution in [-0.2, 0) is 9.22 Å². The number of hydrogen-bond acceptors (Lipinski definition) is 3. The number of aliphatic hydroxyl groups excluding tert-OH is 1. The number of carbonyl (C=O) groups excluding carboxylic acids is 1. The van der Waals surface area contributed by atoms with Gasteiger partial charge in [-0.1, -0.05) is 41.5 Å². The van der Waals surface area contributed by atoms with E-state index in [1.807, 2.05) is 6.92 Å². The van der Waals surface area contributed by atoms with E-state index >= 15 is 0 Å². The second-order valence-corrected chi connectivity index (χ2v) is 12.7. The molecule has 0 aliphatic heterocycles. The molecule has 3 nitrogen and oxygen atoms in total. The summed E-state index contributed by atoms with van der Waals surface area (Å²) in [5.74, 6) is 0.0389. The highest BCUT2D eigenvalue weighted by atomic mass is 28.4. The molecule has 0 unspecified atom stereocenters. The Morgan fingerprint density at radius 3 is 1.95 bits per heavy atom. The lowest BCUT2D eigenvalue weighted by molar-refractivity contribution is -0.132. The lowest BCUT2D eigenvalue weighted by Crippen LogP contribution is -2.47. The Morgan fingerprint density at radius 2 is 1.60 bits per heavy atom. The Labute approximate surface area is 126 Å². The van der Waals surface area contributed by atoms with Crippen molar-refractivity contribution in [2.75, 3.05) is 0 Å². The van der Waals surface area contributed by atoms with Crippen molar-refractivity contribution >= 4 is 14.1 Å². The summed E-state index contributed by atoms with van der Waals surface area (Å²) in [5.41, 5.74) is 0. The molecular weight excluding hydrogens is 268 g/mol. The molecule has 0 spiro atoms. The minimum absolute atomic E-state index is 0.0166. The molecule has 0 aromatic rings. The molecule has 0 aliphatic carbocycles. The standard InChI is InChI=1S/C16H34O3Si/c1-11(2)10-14(17)12(3)15(18)13(4)19-20(8,9)16(5,6)7/h11-14,17H,10H2,1-9H3/t12-,13+,14+/m1/s1. The predicted molar refractivity (Wildman–Crippen MR) is 87.4 cm³/mol. The molecule has 0 bridgehead atoms. The molecule has 0 aromatic heterocycles. The Bertz CT molecular complexity index is 318. The normalized spacial score (nSPS) is 17.9. The summed E-state index contributed by atoms with van der Waals surface area (Å²) in [5, 5.41) is 10.2. The Hall–Kier alpha value is -0.193. The van der Waals surface area contributed by atoms with Crippen LogP contribution in [0.15, 0.2) is 0 Å². The van der Waals surface area contributed by atoms with Crippen molar-refractivity contribution < 1.29 is 14.3 Å². The Kier molecular flexibility index (Phi) is 7.12. The maximum Gasteiger partial charge on any atom is 0.193 e. The van der Waals surface area contributed by atoms with Crippen molar-refractivity contribution in [3.8, 4) is 0 Å². The van der Waals surface area contributed by atoms with Crippen LogP contribution in [0.3, 0.4) is 0 Å². The van der Waals surface area contributed by atoms with Gasteiger partial charge in [0.15, 0.2) is 14.1 Å². The summed E-state index contributed by atoms with van der Waals surface area (Å²) >= 11 is 0. The number of hydrogen-bond donors (Lipinski definition) is 1. The van der Waals surface area contributed by atoms with Crippen LogP contribution in [0.5, 0.6) is 0 Å². The van der Waals surface area contributed by atoms with Crippen LogP contribution in [0.4, 0.5) is 0 Å². The average molecular weight is 303 g/mol. The van der Waals surface area contributed by atoms with Crippen molar-refractivity contribution in [3.05, 3.63) is 0 Å². The fraction of sp³-hybridized carbons (Fsp3) is 0.938. The fourth-order valence-corrected chi connectivity index (χ4v) is 3.28. The molecule has 0 amide bonds. The summed E-state index contributed by atoms with van der Waals surface area (Å²) in [4.78, 5) is 12.4. The molecule has 120 valence electrons. The topological polar surface area (TPSA) is 46.5 Å². The Morgan fingerprint density at radius 1 is 1.15 bits per heavy atom. The summed E-state index contributed by atoms with van der Waals surface area (Å²) in [6.07, 6.45) is -0.361. The summed E-state index contributed by atoms with van der Waals surface area (Å²) < 4.78 is 6.12. The first-order valence-corrected chi connectivity index (χ1v) is 10.6. The van der Waals surface area contributed by atoms with Gasteiger partial charge in [-0.15, -0.1) is 0 Å². The first kappa shape index (κ1) is 19.8. The lowest BCUT2D eigenvalue weighted by Gasteiger charge is -2.38. The van der Waals surface area contributed by atoms with E-state index in [2.05, 4.69) is 47.7 Å². The zero-order chi connectivity index (χ0) is 16.3. The van der Waals surface area contributed by atoms with Crippen LogP contribution in [0, 0.1) is 11.8 Å². The molecule has 0 heterocycles. The quantitative estimate of drug-likeness (QED) is 0.723. The van der Waals surface area contributed by atoms with Gasteiger partial charge in [0, 0.05) is 5.92 Å². The van der Waals surface area contributed by atoms with E-state index in [9.17, 15) is 9.90 Å². The molecule has 3 atom stereocenters. The van der Waals surface area contributed by atoms with Gasteiger partial charge in [0.05, 0.1) is 6.10 Å². The smallest absolute Gasteiger partial charge is 0.193 e. The van der Waals surface area contributed by atoms with Gasteiger partial charge in [0.25, 0.3) is 0 Å². The molecule has 0 rings (SSSR count). The summed E-state index contributed by atoms with van der Waals surface area (Å²) in [6, 6.07) is 0. The molecular formula is C16H34O3Si. The molecule has 0 saturated heterocycles. The predicted octanol–water partition coefficient (Wildman–Crippen LogP) is 4.01. The van der Waals surface area contributed by atoms with E-state index in [0.29, 0.717) is 12.3 Å². The van der Waals surface area contributed by atoms with Crippen LogP contribution in [0.1, 0.15) is 54.9 Å². The maximum atomic E-state index is 12.4. The number of ketones is 1. The van der Waals surface area contributed by atoms with Crippen LogP contribution < -0.4 is 0 Å². The minimum Gasteiger partial charge on any atom is -0.407 e. The van der Waals surface area contributed by atoms with Gasteiger partial charge in [0.2, 0.25) is 0 Å². The second-order valence-electron chi connectivity index (χ2n) is 7.91. The third kappa shape index (κ3) is 5.66. The second kappa shape index (κ2) is 7.19. The number of Topliss-reactive ketones (excluding diaryl/α,β-unsaturated/α-hetero) is 1. The molecule has 0 saturated carbocycles. The van der Waals surface area contributed by atoms with Gasteiger partial charge < -0.3 is 9.53 Å². The highest BCUT2D eigenvalue weighted by Gasteiger charge is 2.40. The van der Waals surface area contributed by atoms with E-state index in [4.69, 9.17) is 4.43 Å². The summed E-state index contributed by atoms with van der Waals surface area (Å²) in [6.45, 7) is 18.5. The number of aliphatic hydroxyl groups is 1. The monoisotopic (exact) mass is 302 g/mol. The van der Waals surface area contributed by atoms with E-state index in [-0.39, 0.29) is 16.7 Å². The Balaban J connectivity index is 4.71. The van der Waals surface area contributed by atoms with Gasteiger partial charge in [-0.05, 0) is 37.4 Å². The van der Waals surface area contributed by atoms with Gasteiger partial charge in [-0.2, -0.15) is 0 Å². The van der Waals surface area contributed by atoms with E-state index in [1.165, 1.54) is 0 Å². The van der Waals surface area contributed by atoms with Crippen molar-refractivity contribution in [3.63, 3.8) is 0 Å². The van der Waals surface area contributed by atoms with Crippen molar-refractivity contribution in [2.45, 2.75) is 85.2 Å². The van der Waals surface area contributed by atoms with E-state index < -0.39 is 20.5 Å². The third-order valence-corrected chi connectivity index (χ3v) is 8.97. The highest BCUT2D eigenvalue weighted by molar-refractivity contribution is 6.74. The highest BCUT2D eigenvalue weighted by Crippen LogP contribution is 2.37. The third-order valence-electron chi connectivity index (χ3n) is 4.42. The molecule has 0 aliphatic rings. The van der Waals surface area contributed by atoms with Crippen LogP contribution in [0.2, 0.25) is 18.1 Å². The SMILES string of the molecule is CC(C)C[C@H](O)[C@@H](C)C(=O)[C@H](C)O[Si](C)(C)C(C)(C)C. The fourth-order valence-electron chi connectivity index (χ4n) is 1.92. The first-order chi connectivity index (χ1) is 8.79. The molecule has 0 radical (unpaired) electrons. The average Bonchev–Trinajstić information content (AvgIpc) is 2.23. The zero-order valence-electron chi connectivity index (χ0n) is 14.8. The van der Waals surface area contributed by atoms with Crippen LogP contribution in [-0.4, -0.2) is 31.4 Å². The summed E-state index contributed by atoms with van der Waals surface area (Å²) in [7, 11) is -1.95. The van der Waals surface area contributed by atoms with Crippen molar-refractivity contribution in [1.82, 2.24) is 0 Å². The number of rotatable bonds is 7. The molecule has 4 heteroatoms. The molecule has 20 heavy (non-hydrogen) atoms. The maximum absolute atomic E-state index is 12.4. The van der Waals surface area contributed by atoms with E-state index in [0.717, 1.165) is 0 Å². The van der Waals surface area contributed by atoms with E-state index in [1.54, 1.807) is 6.92 Å². The number of carbonyl (C=O) groups is 1. The zero-order valence-corrected chi connectivity index (χ0v) is 15.8. The lowest BCUT2D eigenvalue weighted by atomic mass is 9.91. The molecule has 0 aromatic carbocycles. The van der Waals surface area contributed by atoms with Crippen LogP contribution in [0.25, 0.3) is 0 Å². The van der Waals surface area contributed by atoms with Gasteiger partial charge >= 0.3 is 0 Å². The molecule has 0 fully saturated rings. The first-order valence-electron chi connectivity index (χ1n) is 7.69. The largest absolute Gasteiger partial charge is 0.407 e. The van der Waals surface area contributed by atoms with Gasteiger partial charge in [-0.3, -0.25) is 4.79 Å². The minimum atomic E-state index is -1.95. The van der Waals surface area contributed by atoms with Gasteiger partial charge in [-0.25, -0.2) is 0 Å².